The van der Waals surface area contributed by atoms with E-state index in [9.17, 15) is 0 Å². The third-order valence-electron chi connectivity index (χ3n) is 0.976. The minimum atomic E-state index is 0.886. The number of oxazole rings is 1. The summed E-state index contributed by atoms with van der Waals surface area (Å²) in [6, 6.07) is 0. The molecule has 0 aliphatic carbocycles. The first-order valence-corrected chi connectivity index (χ1v) is 2.98. The number of nitrogens with zero attached hydrogens (tertiary/aromatic N) is 1. The average Bonchev–Trinajstić information content (AvgIpc) is 2.34. The van der Waals surface area contributed by atoms with Crippen molar-refractivity contribution in [2.45, 2.75) is 13.3 Å². The summed E-state index contributed by atoms with van der Waals surface area (Å²) >= 11 is 0. The fourth-order valence-electron chi connectivity index (χ4n) is 0.543. The molecule has 9 heavy (non-hydrogen) atoms. The van der Waals surface area contributed by atoms with Gasteiger partial charge in [0.25, 0.3) is 0 Å². The van der Waals surface area contributed by atoms with Gasteiger partial charge >= 0.3 is 0 Å². The van der Waals surface area contributed by atoms with Gasteiger partial charge in [-0.2, -0.15) is 0 Å². The van der Waals surface area contributed by atoms with Gasteiger partial charge in [0.15, 0.2) is 6.39 Å². The van der Waals surface area contributed by atoms with E-state index in [1.807, 2.05) is 12.2 Å². The second-order valence-electron chi connectivity index (χ2n) is 1.72. The van der Waals surface area contributed by atoms with E-state index in [0.29, 0.717) is 0 Å². The van der Waals surface area contributed by atoms with Crippen molar-refractivity contribution < 1.29 is 4.42 Å². The van der Waals surface area contributed by atoms with E-state index >= 15 is 0 Å². The van der Waals surface area contributed by atoms with Gasteiger partial charge in [-0.15, -0.1) is 0 Å². The molecule has 0 spiro atoms. The Bertz CT molecular complexity index is 177. The van der Waals surface area contributed by atoms with Crippen molar-refractivity contribution in [3.8, 4) is 0 Å². The molecule has 0 atom stereocenters. The number of hydrogen-bond acceptors (Lipinski definition) is 2. The van der Waals surface area contributed by atoms with Gasteiger partial charge in [0.05, 0.1) is 0 Å². The predicted octanol–water partition coefficient (Wildman–Crippen LogP) is 2.10. The molecule has 0 aliphatic heterocycles. The summed E-state index contributed by atoms with van der Waals surface area (Å²) in [5, 5.41) is 0. The fraction of sp³-hybridized carbons (Fsp3) is 0.286. The lowest BCUT2D eigenvalue weighted by molar-refractivity contribution is 0.557. The van der Waals surface area contributed by atoms with E-state index in [1.165, 1.54) is 6.39 Å². The second-order valence-corrected chi connectivity index (χ2v) is 1.72. The van der Waals surface area contributed by atoms with Gasteiger partial charge in [0, 0.05) is 0 Å². The van der Waals surface area contributed by atoms with Crippen molar-refractivity contribution in [2.24, 2.45) is 0 Å². The lowest BCUT2D eigenvalue weighted by atomic mass is 10.4. The molecule has 0 saturated heterocycles. The Hall–Kier alpha value is -1.05. The molecule has 0 bridgehead atoms. The molecule has 0 aliphatic rings. The summed E-state index contributed by atoms with van der Waals surface area (Å²) in [4.78, 5) is 3.90. The Morgan fingerprint density at radius 1 is 1.78 bits per heavy atom. The summed E-state index contributed by atoms with van der Waals surface area (Å²) in [5.74, 6) is 0. The zero-order valence-corrected chi connectivity index (χ0v) is 5.37. The number of allylic oxidation sites excluding steroid dienone is 1. The molecule has 1 aromatic heterocycles. The fourth-order valence-corrected chi connectivity index (χ4v) is 0.543. The molecule has 2 heteroatoms. The molecule has 0 saturated carbocycles. The Labute approximate surface area is 54.2 Å². The molecule has 0 N–H and O–H groups in total. The maximum Gasteiger partial charge on any atom is 0.181 e. The number of hydrogen-bond donors (Lipinski definition) is 0. The van der Waals surface area contributed by atoms with Crippen LogP contribution in [0.1, 0.15) is 19.0 Å². The molecule has 0 radical (unpaired) electrons. The van der Waals surface area contributed by atoms with E-state index in [0.717, 1.165) is 12.1 Å². The van der Waals surface area contributed by atoms with Gasteiger partial charge in [-0.3, -0.25) is 0 Å². The first-order valence-electron chi connectivity index (χ1n) is 2.98. The van der Waals surface area contributed by atoms with Gasteiger partial charge in [-0.25, -0.2) is 4.98 Å². The van der Waals surface area contributed by atoms with E-state index < -0.39 is 0 Å². The number of rotatable bonds is 2. The number of aromatic nitrogens is 1. The summed E-state index contributed by atoms with van der Waals surface area (Å²) in [6.07, 6.45) is 8.05. The summed E-state index contributed by atoms with van der Waals surface area (Å²) in [7, 11) is 0. The first-order chi connectivity index (χ1) is 4.43. The smallest absolute Gasteiger partial charge is 0.181 e. The van der Waals surface area contributed by atoms with Crippen molar-refractivity contribution in [3.05, 3.63) is 24.4 Å². The minimum absolute atomic E-state index is 0.886. The molecule has 1 heterocycles. The SMILES string of the molecule is CCC=Cc1cocn1. The summed E-state index contributed by atoms with van der Waals surface area (Å²) in [5.41, 5.74) is 0.886. The Balaban J connectivity index is 2.57. The molecular weight excluding hydrogens is 114 g/mol. The van der Waals surface area contributed by atoms with Gasteiger partial charge < -0.3 is 4.42 Å². The Kier molecular flexibility index (Phi) is 2.07. The quantitative estimate of drug-likeness (QED) is 0.601. The van der Waals surface area contributed by atoms with Crippen LogP contribution in [0.25, 0.3) is 6.08 Å². The van der Waals surface area contributed by atoms with Gasteiger partial charge in [-0.1, -0.05) is 13.0 Å². The van der Waals surface area contributed by atoms with E-state index in [-0.39, 0.29) is 0 Å². The van der Waals surface area contributed by atoms with Crippen LogP contribution in [0.3, 0.4) is 0 Å². The van der Waals surface area contributed by atoms with E-state index in [1.54, 1.807) is 6.26 Å². The first kappa shape index (κ1) is 6.08. The van der Waals surface area contributed by atoms with Crippen LogP contribution < -0.4 is 0 Å². The van der Waals surface area contributed by atoms with Crippen molar-refractivity contribution in [1.29, 1.82) is 0 Å². The molecule has 0 aromatic carbocycles. The minimum Gasteiger partial charge on any atom is -0.451 e. The van der Waals surface area contributed by atoms with Crippen LogP contribution in [0.5, 0.6) is 0 Å². The molecule has 1 aromatic rings. The van der Waals surface area contributed by atoms with Crippen LogP contribution in [-0.2, 0) is 0 Å². The summed E-state index contributed by atoms with van der Waals surface area (Å²) < 4.78 is 4.75. The third-order valence-corrected chi connectivity index (χ3v) is 0.976. The van der Waals surface area contributed by atoms with E-state index in [4.69, 9.17) is 4.42 Å². The zero-order chi connectivity index (χ0) is 6.53. The predicted molar refractivity (Wildman–Crippen MR) is 35.8 cm³/mol. The summed E-state index contributed by atoms with van der Waals surface area (Å²) in [6.45, 7) is 2.08. The molecule has 48 valence electrons. The van der Waals surface area contributed by atoms with Crippen LogP contribution in [0.2, 0.25) is 0 Å². The van der Waals surface area contributed by atoms with E-state index in [2.05, 4.69) is 11.9 Å². The maximum atomic E-state index is 4.75. The molecule has 0 amide bonds. The van der Waals surface area contributed by atoms with Crippen LogP contribution in [0.15, 0.2) is 23.1 Å². The van der Waals surface area contributed by atoms with Crippen molar-refractivity contribution in [1.82, 2.24) is 4.98 Å². The van der Waals surface area contributed by atoms with Crippen molar-refractivity contribution in [3.63, 3.8) is 0 Å². The molecular formula is C7H9NO. The second kappa shape index (κ2) is 3.07. The van der Waals surface area contributed by atoms with Crippen LogP contribution >= 0.6 is 0 Å². The molecule has 0 unspecified atom stereocenters. The highest BCUT2D eigenvalue weighted by molar-refractivity contribution is 5.41. The monoisotopic (exact) mass is 123 g/mol. The Morgan fingerprint density at radius 3 is 3.22 bits per heavy atom. The van der Waals surface area contributed by atoms with Gasteiger partial charge in [0.2, 0.25) is 0 Å². The maximum absolute atomic E-state index is 4.75. The zero-order valence-electron chi connectivity index (χ0n) is 5.37. The van der Waals surface area contributed by atoms with Crippen LogP contribution in [0.4, 0.5) is 0 Å². The normalized spacial score (nSPS) is 10.8. The van der Waals surface area contributed by atoms with Gasteiger partial charge in [-0.05, 0) is 12.5 Å². The highest BCUT2D eigenvalue weighted by atomic mass is 16.3. The lowest BCUT2D eigenvalue weighted by Gasteiger charge is -1.76. The van der Waals surface area contributed by atoms with Gasteiger partial charge in [0.1, 0.15) is 12.0 Å². The highest BCUT2D eigenvalue weighted by Gasteiger charge is 1.84. The molecule has 2 nitrogen and oxygen atoms in total. The van der Waals surface area contributed by atoms with Crippen molar-refractivity contribution in [2.75, 3.05) is 0 Å². The third kappa shape index (κ3) is 1.72. The topological polar surface area (TPSA) is 26.0 Å². The molecule has 0 fully saturated rings. The van der Waals surface area contributed by atoms with Crippen molar-refractivity contribution >= 4 is 6.08 Å². The Morgan fingerprint density at radius 2 is 2.67 bits per heavy atom. The largest absolute Gasteiger partial charge is 0.451 e. The van der Waals surface area contributed by atoms with Crippen LogP contribution in [-0.4, -0.2) is 4.98 Å². The highest BCUT2D eigenvalue weighted by Crippen LogP contribution is 1.97. The molecule has 1 rings (SSSR count). The standard InChI is InChI=1S/C7H9NO/c1-2-3-4-7-5-9-6-8-7/h3-6H,2H2,1H3. The lowest BCUT2D eigenvalue weighted by Crippen LogP contribution is -1.65. The van der Waals surface area contributed by atoms with Crippen LogP contribution in [0, 0.1) is 0 Å². The average molecular weight is 123 g/mol.